The van der Waals surface area contributed by atoms with Crippen molar-refractivity contribution >= 4 is 6.09 Å². The molecule has 20 heavy (non-hydrogen) atoms. The molecule has 5 nitrogen and oxygen atoms in total. The Labute approximate surface area is 118 Å². The van der Waals surface area contributed by atoms with Crippen LogP contribution < -0.4 is 15.4 Å². The van der Waals surface area contributed by atoms with Crippen molar-refractivity contribution < 1.29 is 14.3 Å². The molecule has 1 saturated heterocycles. The molecule has 0 saturated carbocycles. The number of hydrogen-bond acceptors (Lipinski definition) is 4. The van der Waals surface area contributed by atoms with Gasteiger partial charge in [-0.3, -0.25) is 0 Å². The molecular weight excluding hydrogens is 256 g/mol. The van der Waals surface area contributed by atoms with Crippen LogP contribution >= 0.6 is 0 Å². The first-order valence-corrected chi connectivity index (χ1v) is 7.13. The van der Waals surface area contributed by atoms with Crippen LogP contribution in [0.5, 0.6) is 5.75 Å². The van der Waals surface area contributed by atoms with Crippen molar-refractivity contribution in [1.82, 2.24) is 10.6 Å². The Hall–Kier alpha value is -1.75. The van der Waals surface area contributed by atoms with E-state index in [9.17, 15) is 4.79 Å². The first kappa shape index (κ1) is 13.2. The molecule has 108 valence electrons. The highest BCUT2D eigenvalue weighted by atomic mass is 16.6. The molecule has 1 aliphatic carbocycles. The zero-order chi connectivity index (χ0) is 13.9. The van der Waals surface area contributed by atoms with E-state index < -0.39 is 0 Å². The lowest BCUT2D eigenvalue weighted by Gasteiger charge is -2.25. The number of cyclic esters (lactones) is 1. The molecule has 1 fully saturated rings. The predicted octanol–water partition coefficient (Wildman–Crippen LogP) is 1.77. The highest BCUT2D eigenvalue weighted by Crippen LogP contribution is 2.32. The lowest BCUT2D eigenvalue weighted by atomic mass is 9.87. The molecule has 3 rings (SSSR count). The number of aryl methyl sites for hydroxylation is 1. The average molecular weight is 276 g/mol. The van der Waals surface area contributed by atoms with Crippen LogP contribution in [0.2, 0.25) is 0 Å². The first-order chi connectivity index (χ1) is 9.76. The summed E-state index contributed by atoms with van der Waals surface area (Å²) in [4.78, 5) is 10.9. The Morgan fingerprint density at radius 2 is 2.40 bits per heavy atom. The van der Waals surface area contributed by atoms with Crippen molar-refractivity contribution in [1.29, 1.82) is 0 Å². The van der Waals surface area contributed by atoms with E-state index in [4.69, 9.17) is 9.47 Å². The summed E-state index contributed by atoms with van der Waals surface area (Å²) in [5.74, 6) is 0.842. The summed E-state index contributed by atoms with van der Waals surface area (Å²) in [7, 11) is 2.00. The van der Waals surface area contributed by atoms with Crippen LogP contribution in [-0.4, -0.2) is 32.4 Å². The molecule has 1 aromatic carbocycles. The number of rotatable bonds is 4. The van der Waals surface area contributed by atoms with Crippen molar-refractivity contribution in [3.63, 3.8) is 0 Å². The number of alkyl carbamates (subject to hydrolysis) is 1. The van der Waals surface area contributed by atoms with Crippen LogP contribution in [0.1, 0.15) is 30.0 Å². The fraction of sp³-hybridized carbons (Fsp3) is 0.533. The zero-order valence-electron chi connectivity index (χ0n) is 11.6. The summed E-state index contributed by atoms with van der Waals surface area (Å²) in [5, 5.41) is 5.98. The van der Waals surface area contributed by atoms with Crippen LogP contribution in [0.15, 0.2) is 18.2 Å². The lowest BCUT2D eigenvalue weighted by molar-refractivity contribution is 0.105. The Morgan fingerprint density at radius 3 is 3.15 bits per heavy atom. The van der Waals surface area contributed by atoms with Gasteiger partial charge in [-0.2, -0.15) is 0 Å². The molecule has 2 unspecified atom stereocenters. The molecule has 5 heteroatoms. The number of fused-ring (bicyclic) bond motifs is 1. The van der Waals surface area contributed by atoms with Gasteiger partial charge >= 0.3 is 6.09 Å². The van der Waals surface area contributed by atoms with Crippen molar-refractivity contribution in [3.05, 3.63) is 29.3 Å². The molecule has 2 N–H and O–H groups in total. The van der Waals surface area contributed by atoms with E-state index in [1.165, 1.54) is 17.5 Å². The van der Waals surface area contributed by atoms with Crippen molar-refractivity contribution in [2.45, 2.75) is 31.4 Å². The molecular formula is C15H20N2O3. The minimum atomic E-state index is -0.362. The molecule has 1 aliphatic heterocycles. The van der Waals surface area contributed by atoms with Gasteiger partial charge in [0.25, 0.3) is 0 Å². The quantitative estimate of drug-likeness (QED) is 0.880. The standard InChI is InChI=1S/C15H20N2O3/c1-16-14-4-2-3-10-5-6-11(7-13(10)14)19-9-12-8-17-15(18)20-12/h5-7,12,14,16H,2-4,8-9H2,1H3,(H,17,18). The third-order valence-electron chi connectivity index (χ3n) is 3.96. The van der Waals surface area contributed by atoms with Gasteiger partial charge in [0.15, 0.2) is 6.10 Å². The van der Waals surface area contributed by atoms with Crippen LogP contribution in [0, 0.1) is 0 Å². The van der Waals surface area contributed by atoms with Gasteiger partial charge in [-0.1, -0.05) is 6.07 Å². The van der Waals surface area contributed by atoms with Gasteiger partial charge < -0.3 is 20.1 Å². The summed E-state index contributed by atoms with van der Waals surface area (Å²) in [6.07, 6.45) is 2.97. The van der Waals surface area contributed by atoms with Gasteiger partial charge in [0.2, 0.25) is 0 Å². The summed E-state index contributed by atoms with van der Waals surface area (Å²) in [6.45, 7) is 0.907. The Balaban J connectivity index is 1.67. The van der Waals surface area contributed by atoms with E-state index >= 15 is 0 Å². The Bertz CT molecular complexity index is 504. The van der Waals surface area contributed by atoms with Crippen LogP contribution in [-0.2, 0) is 11.2 Å². The third kappa shape index (κ3) is 2.72. The molecule has 1 amide bonds. The van der Waals surface area contributed by atoms with Crippen molar-refractivity contribution in [2.75, 3.05) is 20.2 Å². The molecule has 0 aromatic heterocycles. The third-order valence-corrected chi connectivity index (χ3v) is 3.96. The van der Waals surface area contributed by atoms with Crippen LogP contribution in [0.3, 0.4) is 0 Å². The summed E-state index contributed by atoms with van der Waals surface area (Å²) < 4.78 is 10.8. The van der Waals surface area contributed by atoms with Gasteiger partial charge in [0.1, 0.15) is 12.4 Å². The van der Waals surface area contributed by atoms with E-state index in [2.05, 4.69) is 22.8 Å². The molecule has 0 spiro atoms. The molecule has 2 aliphatic rings. The largest absolute Gasteiger partial charge is 0.490 e. The predicted molar refractivity (Wildman–Crippen MR) is 74.9 cm³/mol. The van der Waals surface area contributed by atoms with Gasteiger partial charge in [0, 0.05) is 6.04 Å². The molecule has 1 heterocycles. The van der Waals surface area contributed by atoms with Crippen molar-refractivity contribution in [2.24, 2.45) is 0 Å². The second-order valence-corrected chi connectivity index (χ2v) is 5.31. The number of hydrogen-bond donors (Lipinski definition) is 2. The lowest BCUT2D eigenvalue weighted by Crippen LogP contribution is -2.23. The highest BCUT2D eigenvalue weighted by molar-refractivity contribution is 5.69. The zero-order valence-corrected chi connectivity index (χ0v) is 11.6. The topological polar surface area (TPSA) is 59.6 Å². The maximum atomic E-state index is 10.9. The summed E-state index contributed by atoms with van der Waals surface area (Å²) in [5.41, 5.74) is 2.73. The van der Waals surface area contributed by atoms with Crippen LogP contribution in [0.25, 0.3) is 0 Å². The Kier molecular flexibility index (Phi) is 3.78. The van der Waals surface area contributed by atoms with E-state index in [0.29, 0.717) is 19.2 Å². The highest BCUT2D eigenvalue weighted by Gasteiger charge is 2.23. The minimum Gasteiger partial charge on any atom is -0.490 e. The van der Waals surface area contributed by atoms with Crippen molar-refractivity contribution in [3.8, 4) is 5.75 Å². The first-order valence-electron chi connectivity index (χ1n) is 7.13. The monoisotopic (exact) mass is 276 g/mol. The molecule has 0 radical (unpaired) electrons. The second-order valence-electron chi connectivity index (χ2n) is 5.31. The SMILES string of the molecule is CNC1CCCc2ccc(OCC3CNC(=O)O3)cc21. The van der Waals surface area contributed by atoms with Crippen LogP contribution in [0.4, 0.5) is 4.79 Å². The fourth-order valence-electron chi connectivity index (χ4n) is 2.88. The normalized spacial score (nSPS) is 24.8. The maximum Gasteiger partial charge on any atom is 0.407 e. The maximum absolute atomic E-state index is 10.9. The number of amides is 1. The molecule has 0 bridgehead atoms. The number of carbonyl (C=O) groups excluding carboxylic acids is 1. The smallest absolute Gasteiger partial charge is 0.407 e. The number of nitrogens with one attached hydrogen (secondary N) is 2. The number of ether oxygens (including phenoxy) is 2. The average Bonchev–Trinajstić information content (AvgIpc) is 2.90. The van der Waals surface area contributed by atoms with Gasteiger partial charge in [-0.05, 0) is 49.6 Å². The molecule has 1 aromatic rings. The Morgan fingerprint density at radius 1 is 1.50 bits per heavy atom. The fourth-order valence-corrected chi connectivity index (χ4v) is 2.88. The van der Waals surface area contributed by atoms with Gasteiger partial charge in [0.05, 0.1) is 6.54 Å². The second kappa shape index (κ2) is 5.71. The number of carbonyl (C=O) groups is 1. The minimum absolute atomic E-state index is 0.196. The van der Waals surface area contributed by atoms with E-state index in [-0.39, 0.29) is 12.2 Å². The van der Waals surface area contributed by atoms with Gasteiger partial charge in [-0.25, -0.2) is 4.79 Å². The van der Waals surface area contributed by atoms with E-state index in [1.54, 1.807) is 0 Å². The summed E-state index contributed by atoms with van der Waals surface area (Å²) >= 11 is 0. The summed E-state index contributed by atoms with van der Waals surface area (Å²) in [6, 6.07) is 6.67. The van der Waals surface area contributed by atoms with E-state index in [0.717, 1.165) is 18.6 Å². The number of benzene rings is 1. The molecule has 2 atom stereocenters. The van der Waals surface area contributed by atoms with E-state index in [1.807, 2.05) is 13.1 Å². The van der Waals surface area contributed by atoms with Gasteiger partial charge in [-0.15, -0.1) is 0 Å².